The van der Waals surface area contributed by atoms with E-state index in [2.05, 4.69) is 5.32 Å². The van der Waals surface area contributed by atoms with E-state index in [1.807, 2.05) is 13.0 Å². The van der Waals surface area contributed by atoms with Crippen LogP contribution in [0.25, 0.3) is 17.0 Å². The van der Waals surface area contributed by atoms with Gasteiger partial charge in [0.25, 0.3) is 0 Å². The number of nitrogens with one attached hydrogen (secondary N) is 1. The molecule has 4 nitrogen and oxygen atoms in total. The van der Waals surface area contributed by atoms with Gasteiger partial charge in [0.15, 0.2) is 5.43 Å². The first-order valence-corrected chi connectivity index (χ1v) is 5.54. The Morgan fingerprint density at radius 2 is 2.17 bits per heavy atom. The van der Waals surface area contributed by atoms with E-state index in [0.29, 0.717) is 16.5 Å². The van der Waals surface area contributed by atoms with E-state index in [1.54, 1.807) is 12.1 Å². The SMILES string of the molecule is CNC(=O)/C=C/c1coc2ccc(C)cc2c1=O. The average molecular weight is 243 g/mol. The molecule has 0 aliphatic heterocycles. The second kappa shape index (κ2) is 4.87. The lowest BCUT2D eigenvalue weighted by atomic mass is 10.1. The van der Waals surface area contributed by atoms with Crippen molar-refractivity contribution in [3.63, 3.8) is 0 Å². The molecule has 0 bridgehead atoms. The molecule has 0 fully saturated rings. The fourth-order valence-corrected chi connectivity index (χ4v) is 1.62. The zero-order chi connectivity index (χ0) is 13.1. The lowest BCUT2D eigenvalue weighted by Gasteiger charge is -1.99. The minimum Gasteiger partial charge on any atom is -0.463 e. The predicted molar refractivity (Wildman–Crippen MR) is 70.3 cm³/mol. The van der Waals surface area contributed by atoms with Gasteiger partial charge in [-0.25, -0.2) is 0 Å². The molecular formula is C14H13NO3. The summed E-state index contributed by atoms with van der Waals surface area (Å²) in [5.74, 6) is -0.265. The fourth-order valence-electron chi connectivity index (χ4n) is 1.62. The summed E-state index contributed by atoms with van der Waals surface area (Å²) in [5, 5.41) is 2.96. The summed E-state index contributed by atoms with van der Waals surface area (Å²) in [6.07, 6.45) is 4.11. The van der Waals surface area contributed by atoms with Crippen molar-refractivity contribution in [1.29, 1.82) is 0 Å². The van der Waals surface area contributed by atoms with E-state index < -0.39 is 0 Å². The minimum absolute atomic E-state index is 0.139. The van der Waals surface area contributed by atoms with E-state index in [1.165, 1.54) is 25.5 Å². The van der Waals surface area contributed by atoms with Gasteiger partial charge in [-0.05, 0) is 25.1 Å². The minimum atomic E-state index is -0.265. The van der Waals surface area contributed by atoms with Crippen LogP contribution in [0.4, 0.5) is 0 Å². The van der Waals surface area contributed by atoms with Crippen LogP contribution in [0.5, 0.6) is 0 Å². The highest BCUT2D eigenvalue weighted by Crippen LogP contribution is 2.13. The summed E-state index contributed by atoms with van der Waals surface area (Å²) < 4.78 is 5.36. The monoisotopic (exact) mass is 243 g/mol. The van der Waals surface area contributed by atoms with Gasteiger partial charge in [-0.3, -0.25) is 9.59 Å². The Balaban J connectivity index is 2.54. The third-order valence-electron chi connectivity index (χ3n) is 2.62. The normalized spacial score (nSPS) is 11.0. The summed E-state index contributed by atoms with van der Waals surface area (Å²) in [6.45, 7) is 1.91. The molecule has 2 aromatic rings. The average Bonchev–Trinajstić information content (AvgIpc) is 2.38. The molecule has 0 aliphatic carbocycles. The number of likely N-dealkylation sites (N-methyl/N-ethyl adjacent to an activating group) is 1. The number of fused-ring (bicyclic) bond motifs is 1. The molecular weight excluding hydrogens is 230 g/mol. The largest absolute Gasteiger partial charge is 0.463 e. The number of carbonyl (C=O) groups excluding carboxylic acids is 1. The zero-order valence-electron chi connectivity index (χ0n) is 10.2. The van der Waals surface area contributed by atoms with Crippen LogP contribution in [0.2, 0.25) is 0 Å². The molecule has 0 atom stereocenters. The highest BCUT2D eigenvalue weighted by atomic mass is 16.3. The van der Waals surface area contributed by atoms with Gasteiger partial charge in [0.1, 0.15) is 11.8 Å². The van der Waals surface area contributed by atoms with Crippen molar-refractivity contribution >= 4 is 23.0 Å². The van der Waals surface area contributed by atoms with Crippen LogP contribution < -0.4 is 10.7 Å². The quantitative estimate of drug-likeness (QED) is 0.819. The molecule has 0 saturated heterocycles. The van der Waals surface area contributed by atoms with Crippen LogP contribution in [-0.2, 0) is 4.79 Å². The van der Waals surface area contributed by atoms with E-state index in [4.69, 9.17) is 4.42 Å². The van der Waals surface area contributed by atoms with Crippen molar-refractivity contribution in [3.8, 4) is 0 Å². The molecule has 1 N–H and O–H groups in total. The number of benzene rings is 1. The lowest BCUT2D eigenvalue weighted by Crippen LogP contribution is -2.14. The van der Waals surface area contributed by atoms with Crippen LogP contribution in [0, 0.1) is 6.92 Å². The van der Waals surface area contributed by atoms with E-state index in [9.17, 15) is 9.59 Å². The molecule has 2 rings (SSSR count). The number of aryl methyl sites for hydroxylation is 1. The molecule has 0 unspecified atom stereocenters. The Bertz CT molecular complexity index is 683. The lowest BCUT2D eigenvalue weighted by molar-refractivity contribution is -0.115. The van der Waals surface area contributed by atoms with Gasteiger partial charge >= 0.3 is 0 Å². The Morgan fingerprint density at radius 1 is 1.39 bits per heavy atom. The van der Waals surface area contributed by atoms with Crippen molar-refractivity contribution in [2.24, 2.45) is 0 Å². The van der Waals surface area contributed by atoms with Gasteiger partial charge in [0.2, 0.25) is 5.91 Å². The summed E-state index contributed by atoms with van der Waals surface area (Å²) in [7, 11) is 1.53. The van der Waals surface area contributed by atoms with E-state index in [0.717, 1.165) is 5.56 Å². The Labute approximate surface area is 104 Å². The number of rotatable bonds is 2. The molecule has 0 spiro atoms. The van der Waals surface area contributed by atoms with Crippen molar-refractivity contribution in [2.75, 3.05) is 7.05 Å². The predicted octanol–water partition coefficient (Wildman–Crippen LogP) is 1.86. The van der Waals surface area contributed by atoms with E-state index >= 15 is 0 Å². The van der Waals surface area contributed by atoms with E-state index in [-0.39, 0.29) is 11.3 Å². The second-order valence-corrected chi connectivity index (χ2v) is 3.97. The van der Waals surface area contributed by atoms with Gasteiger partial charge in [-0.15, -0.1) is 0 Å². The second-order valence-electron chi connectivity index (χ2n) is 3.97. The number of carbonyl (C=O) groups is 1. The van der Waals surface area contributed by atoms with Crippen LogP contribution >= 0.6 is 0 Å². The molecule has 0 aliphatic rings. The molecule has 18 heavy (non-hydrogen) atoms. The highest BCUT2D eigenvalue weighted by molar-refractivity contribution is 5.92. The Hall–Kier alpha value is -2.36. The van der Waals surface area contributed by atoms with Crippen LogP contribution in [-0.4, -0.2) is 13.0 Å². The summed E-state index contributed by atoms with van der Waals surface area (Å²) in [6, 6.07) is 5.42. The molecule has 1 aromatic heterocycles. The maximum atomic E-state index is 12.1. The van der Waals surface area contributed by atoms with Gasteiger partial charge in [0.05, 0.1) is 10.9 Å². The van der Waals surface area contributed by atoms with Gasteiger partial charge < -0.3 is 9.73 Å². The third kappa shape index (κ3) is 2.32. The van der Waals surface area contributed by atoms with Crippen LogP contribution in [0.15, 0.2) is 39.7 Å². The molecule has 92 valence electrons. The summed E-state index contributed by atoms with van der Waals surface area (Å²) in [5.41, 5.74) is 1.75. The molecule has 1 heterocycles. The first-order valence-electron chi connectivity index (χ1n) is 5.54. The van der Waals surface area contributed by atoms with Crippen molar-refractivity contribution < 1.29 is 9.21 Å². The number of amides is 1. The first-order chi connectivity index (χ1) is 8.61. The molecule has 0 saturated carbocycles. The Morgan fingerprint density at radius 3 is 2.89 bits per heavy atom. The molecule has 1 aromatic carbocycles. The van der Waals surface area contributed by atoms with Crippen molar-refractivity contribution in [1.82, 2.24) is 5.32 Å². The first kappa shape index (κ1) is 12.1. The third-order valence-corrected chi connectivity index (χ3v) is 2.62. The molecule has 1 amide bonds. The topological polar surface area (TPSA) is 59.3 Å². The van der Waals surface area contributed by atoms with Crippen LogP contribution in [0.1, 0.15) is 11.1 Å². The Kier molecular flexibility index (Phi) is 3.28. The van der Waals surface area contributed by atoms with Crippen molar-refractivity contribution in [3.05, 3.63) is 51.9 Å². The van der Waals surface area contributed by atoms with Gasteiger partial charge in [-0.2, -0.15) is 0 Å². The van der Waals surface area contributed by atoms with Gasteiger partial charge in [-0.1, -0.05) is 11.6 Å². The number of hydrogen-bond donors (Lipinski definition) is 1. The molecule has 0 radical (unpaired) electrons. The summed E-state index contributed by atoms with van der Waals surface area (Å²) >= 11 is 0. The zero-order valence-corrected chi connectivity index (χ0v) is 10.2. The van der Waals surface area contributed by atoms with Crippen molar-refractivity contribution in [2.45, 2.75) is 6.92 Å². The summed E-state index contributed by atoms with van der Waals surface area (Å²) in [4.78, 5) is 23.2. The highest BCUT2D eigenvalue weighted by Gasteiger charge is 2.05. The fraction of sp³-hybridized carbons (Fsp3) is 0.143. The number of hydrogen-bond acceptors (Lipinski definition) is 3. The van der Waals surface area contributed by atoms with Crippen LogP contribution in [0.3, 0.4) is 0 Å². The maximum Gasteiger partial charge on any atom is 0.243 e. The molecule has 4 heteroatoms. The maximum absolute atomic E-state index is 12.1. The standard InChI is InChI=1S/C14H13NO3/c1-9-3-5-12-11(7-9)14(17)10(8-18-12)4-6-13(16)15-2/h3-8H,1-2H3,(H,15,16)/b6-4+. The van der Waals surface area contributed by atoms with Gasteiger partial charge in [0, 0.05) is 13.1 Å². The smallest absolute Gasteiger partial charge is 0.243 e.